The molecular formula is C11H6BrClFN3O3. The number of halogens is 3. The quantitative estimate of drug-likeness (QED) is 0.614. The summed E-state index contributed by atoms with van der Waals surface area (Å²) in [5.41, 5.74) is -0.0429. The third-order valence-corrected chi connectivity index (χ3v) is 3.03. The molecule has 0 spiro atoms. The minimum absolute atomic E-state index is 0.0603. The van der Waals surface area contributed by atoms with Crippen LogP contribution in [0, 0.1) is 15.9 Å². The summed E-state index contributed by atoms with van der Waals surface area (Å²) in [6, 6.07) is 4.95. The number of rotatable bonds is 4. The van der Waals surface area contributed by atoms with Crippen LogP contribution in [0.25, 0.3) is 0 Å². The van der Waals surface area contributed by atoms with E-state index in [0.717, 1.165) is 12.1 Å². The average molecular weight is 363 g/mol. The molecule has 9 heteroatoms. The van der Waals surface area contributed by atoms with Gasteiger partial charge < -0.3 is 4.74 Å². The van der Waals surface area contributed by atoms with Gasteiger partial charge >= 0.3 is 5.69 Å². The Morgan fingerprint density at radius 2 is 2.15 bits per heavy atom. The van der Waals surface area contributed by atoms with Gasteiger partial charge in [-0.3, -0.25) is 10.1 Å². The van der Waals surface area contributed by atoms with Gasteiger partial charge in [0.1, 0.15) is 18.1 Å². The molecule has 0 aliphatic carbocycles. The first-order chi connectivity index (χ1) is 9.47. The van der Waals surface area contributed by atoms with E-state index in [4.69, 9.17) is 16.3 Å². The van der Waals surface area contributed by atoms with Gasteiger partial charge in [0.25, 0.3) is 0 Å². The van der Waals surface area contributed by atoms with Crippen molar-refractivity contribution in [2.24, 2.45) is 0 Å². The first kappa shape index (κ1) is 14.6. The van der Waals surface area contributed by atoms with E-state index in [1.807, 2.05) is 0 Å². The van der Waals surface area contributed by atoms with Gasteiger partial charge in [-0.1, -0.05) is 11.6 Å². The molecule has 2 aromatic rings. The summed E-state index contributed by atoms with van der Waals surface area (Å²) >= 11 is 8.61. The van der Waals surface area contributed by atoms with Gasteiger partial charge in [-0.15, -0.1) is 5.10 Å². The topological polar surface area (TPSA) is 78.2 Å². The second-order valence-electron chi connectivity index (χ2n) is 3.63. The van der Waals surface area contributed by atoms with Gasteiger partial charge in [-0.25, -0.2) is 4.39 Å². The molecule has 104 valence electrons. The van der Waals surface area contributed by atoms with Crippen molar-refractivity contribution in [2.75, 3.05) is 0 Å². The Hall–Kier alpha value is -1.80. The van der Waals surface area contributed by atoms with Crippen LogP contribution in [0.15, 0.2) is 28.7 Å². The Kier molecular flexibility index (Phi) is 4.46. The van der Waals surface area contributed by atoms with Gasteiger partial charge in [0, 0.05) is 0 Å². The first-order valence-electron chi connectivity index (χ1n) is 5.21. The first-order valence-corrected chi connectivity index (χ1v) is 6.39. The van der Waals surface area contributed by atoms with E-state index in [0.29, 0.717) is 5.69 Å². The average Bonchev–Trinajstić information content (AvgIpc) is 2.38. The van der Waals surface area contributed by atoms with Gasteiger partial charge in [0.15, 0.2) is 5.15 Å². The van der Waals surface area contributed by atoms with Gasteiger partial charge in [-0.2, -0.15) is 5.10 Å². The fraction of sp³-hybridized carbons (Fsp3) is 0.0909. The number of hydrogen-bond acceptors (Lipinski definition) is 5. The molecule has 0 amide bonds. The van der Waals surface area contributed by atoms with Crippen LogP contribution in [0.2, 0.25) is 5.15 Å². The molecule has 0 aliphatic heterocycles. The third-order valence-electron chi connectivity index (χ3n) is 2.24. The molecule has 0 saturated carbocycles. The van der Waals surface area contributed by atoms with E-state index >= 15 is 0 Å². The monoisotopic (exact) mass is 361 g/mol. The summed E-state index contributed by atoms with van der Waals surface area (Å²) in [5, 5.41) is 18.5. The zero-order chi connectivity index (χ0) is 14.7. The molecular weight excluding hydrogens is 356 g/mol. The highest BCUT2D eigenvalue weighted by molar-refractivity contribution is 9.10. The molecule has 6 nitrogen and oxygen atoms in total. The van der Waals surface area contributed by atoms with E-state index < -0.39 is 16.4 Å². The summed E-state index contributed by atoms with van der Waals surface area (Å²) in [4.78, 5) is 10.1. The van der Waals surface area contributed by atoms with Crippen molar-refractivity contribution in [1.82, 2.24) is 10.2 Å². The van der Waals surface area contributed by atoms with E-state index in [1.54, 1.807) is 6.07 Å². The van der Waals surface area contributed by atoms with Crippen molar-refractivity contribution < 1.29 is 14.1 Å². The highest BCUT2D eigenvalue weighted by Crippen LogP contribution is 2.36. The van der Waals surface area contributed by atoms with Gasteiger partial charge in [-0.05, 0) is 34.1 Å². The lowest BCUT2D eigenvalue weighted by atomic mass is 10.3. The lowest BCUT2D eigenvalue weighted by Crippen LogP contribution is -2.03. The van der Waals surface area contributed by atoms with Gasteiger partial charge in [0.2, 0.25) is 5.75 Å². The van der Waals surface area contributed by atoms with Crippen molar-refractivity contribution in [1.29, 1.82) is 0 Å². The zero-order valence-corrected chi connectivity index (χ0v) is 12.1. The standard InChI is InChI=1S/C11H6BrClFN3O3/c12-8-3-6(14)4-9(17(18)19)11(8)20-5-7-1-2-10(13)16-15-7/h1-4H,5H2. The Morgan fingerprint density at radius 1 is 1.40 bits per heavy atom. The van der Waals surface area contributed by atoms with Crippen LogP contribution in [-0.4, -0.2) is 15.1 Å². The zero-order valence-electron chi connectivity index (χ0n) is 9.72. The molecule has 1 heterocycles. The van der Waals surface area contributed by atoms with Crippen LogP contribution in [0.1, 0.15) is 5.69 Å². The maximum atomic E-state index is 13.1. The smallest absolute Gasteiger partial charge is 0.315 e. The minimum Gasteiger partial charge on any atom is -0.479 e. The number of nitro benzene ring substituents is 1. The Morgan fingerprint density at radius 3 is 2.75 bits per heavy atom. The van der Waals surface area contributed by atoms with Crippen LogP contribution in [0.3, 0.4) is 0 Å². The number of nitro groups is 1. The molecule has 0 fully saturated rings. The summed E-state index contributed by atoms with van der Waals surface area (Å²) in [5.74, 6) is -0.810. The molecule has 0 unspecified atom stereocenters. The maximum Gasteiger partial charge on any atom is 0.315 e. The second kappa shape index (κ2) is 6.10. The predicted molar refractivity (Wildman–Crippen MR) is 72.1 cm³/mol. The van der Waals surface area contributed by atoms with Crippen LogP contribution in [0.4, 0.5) is 10.1 Å². The van der Waals surface area contributed by atoms with Crippen LogP contribution >= 0.6 is 27.5 Å². The molecule has 20 heavy (non-hydrogen) atoms. The molecule has 1 aromatic carbocycles. The molecule has 0 atom stereocenters. The highest BCUT2D eigenvalue weighted by Gasteiger charge is 2.20. The molecule has 0 bridgehead atoms. The number of ether oxygens (including phenoxy) is 1. The molecule has 0 N–H and O–H groups in total. The van der Waals surface area contributed by atoms with E-state index in [-0.39, 0.29) is 22.0 Å². The largest absolute Gasteiger partial charge is 0.479 e. The Labute approximate surface area is 125 Å². The molecule has 1 aromatic heterocycles. The Bertz CT molecular complexity index is 654. The van der Waals surface area contributed by atoms with E-state index in [2.05, 4.69) is 26.1 Å². The second-order valence-corrected chi connectivity index (χ2v) is 4.87. The van der Waals surface area contributed by atoms with Crippen LogP contribution in [0.5, 0.6) is 5.75 Å². The van der Waals surface area contributed by atoms with Crippen molar-refractivity contribution in [2.45, 2.75) is 6.61 Å². The van der Waals surface area contributed by atoms with Crippen molar-refractivity contribution >= 4 is 33.2 Å². The fourth-order valence-electron chi connectivity index (χ4n) is 1.39. The lowest BCUT2D eigenvalue weighted by Gasteiger charge is -2.08. The summed E-state index contributed by atoms with van der Waals surface area (Å²) in [6.45, 7) is -0.0603. The molecule has 0 aliphatic rings. The van der Waals surface area contributed by atoms with Crippen molar-refractivity contribution in [3.05, 3.63) is 55.5 Å². The van der Waals surface area contributed by atoms with Crippen LogP contribution < -0.4 is 4.74 Å². The van der Waals surface area contributed by atoms with Crippen molar-refractivity contribution in [3.63, 3.8) is 0 Å². The summed E-state index contributed by atoms with van der Waals surface area (Å²) in [6.07, 6.45) is 0. The summed E-state index contributed by atoms with van der Waals surface area (Å²) < 4.78 is 18.6. The molecule has 0 radical (unpaired) electrons. The number of nitrogens with zero attached hydrogens (tertiary/aromatic N) is 3. The van der Waals surface area contributed by atoms with Crippen molar-refractivity contribution in [3.8, 4) is 5.75 Å². The number of hydrogen-bond donors (Lipinski definition) is 0. The molecule has 0 saturated heterocycles. The fourth-order valence-corrected chi connectivity index (χ4v) is 2.03. The highest BCUT2D eigenvalue weighted by atomic mass is 79.9. The third kappa shape index (κ3) is 3.40. The SMILES string of the molecule is O=[N+]([O-])c1cc(F)cc(Br)c1OCc1ccc(Cl)nn1. The van der Waals surface area contributed by atoms with E-state index in [1.165, 1.54) is 6.07 Å². The van der Waals surface area contributed by atoms with E-state index in [9.17, 15) is 14.5 Å². The van der Waals surface area contributed by atoms with Gasteiger partial charge in [0.05, 0.1) is 15.5 Å². The molecule has 2 rings (SSSR count). The normalized spacial score (nSPS) is 10.3. The minimum atomic E-state index is -0.734. The van der Waals surface area contributed by atoms with Crippen LogP contribution in [-0.2, 0) is 6.61 Å². The lowest BCUT2D eigenvalue weighted by molar-refractivity contribution is -0.386. The summed E-state index contributed by atoms with van der Waals surface area (Å²) in [7, 11) is 0. The number of aromatic nitrogens is 2. The Balaban J connectivity index is 2.24. The number of benzene rings is 1. The maximum absolute atomic E-state index is 13.1. The predicted octanol–water partition coefficient (Wildman–Crippen LogP) is 3.52.